The molecule has 5 N–H and O–H groups in total. The van der Waals surface area contributed by atoms with Crippen LogP contribution in [-0.2, 0) is 25.6 Å². The van der Waals surface area contributed by atoms with E-state index < -0.39 is 68.2 Å². The SMILES string of the molecule is CC(CN(CC(=O)O)CC(Cc1ccc(N=C=S)cc1)N(CC(=O)O)C(=O)O)N(CC(=O)O)CC(=O)O. The molecular weight excluding hydrogens is 512 g/mol. The van der Waals surface area contributed by atoms with E-state index in [1.165, 1.54) is 11.8 Å². The average molecular weight is 541 g/mol. The molecule has 0 aromatic heterocycles. The van der Waals surface area contributed by atoms with E-state index in [-0.39, 0.29) is 19.5 Å². The molecule has 0 saturated carbocycles. The Hall–Kier alpha value is -3.91. The summed E-state index contributed by atoms with van der Waals surface area (Å²) < 4.78 is 0. The van der Waals surface area contributed by atoms with Crippen LogP contribution in [0.2, 0.25) is 0 Å². The summed E-state index contributed by atoms with van der Waals surface area (Å²) in [6, 6.07) is 4.68. The highest BCUT2D eigenvalue weighted by molar-refractivity contribution is 7.78. The Bertz CT molecular complexity index is 1010. The van der Waals surface area contributed by atoms with Gasteiger partial charge in [0, 0.05) is 19.1 Å². The Kier molecular flexibility index (Phi) is 12.8. The van der Waals surface area contributed by atoms with Crippen molar-refractivity contribution in [2.24, 2.45) is 4.99 Å². The number of carbonyl (C=O) groups is 5. The van der Waals surface area contributed by atoms with Gasteiger partial charge in [-0.2, -0.15) is 4.99 Å². The molecule has 0 aliphatic heterocycles. The molecule has 1 amide bonds. The lowest BCUT2D eigenvalue weighted by molar-refractivity contribution is -0.144. The molecule has 1 rings (SSSR count). The highest BCUT2D eigenvalue weighted by Crippen LogP contribution is 2.17. The molecule has 15 heteroatoms. The van der Waals surface area contributed by atoms with Gasteiger partial charge in [0.25, 0.3) is 0 Å². The zero-order chi connectivity index (χ0) is 28.1. The van der Waals surface area contributed by atoms with Crippen LogP contribution in [0, 0.1) is 0 Å². The molecule has 0 aliphatic rings. The summed E-state index contributed by atoms with van der Waals surface area (Å²) in [5.74, 6) is -5.24. The first kappa shape index (κ1) is 31.1. The lowest BCUT2D eigenvalue weighted by atomic mass is 10.0. The molecule has 0 heterocycles. The van der Waals surface area contributed by atoms with Crippen LogP contribution in [0.15, 0.2) is 29.3 Å². The van der Waals surface area contributed by atoms with Gasteiger partial charge in [0.2, 0.25) is 0 Å². The van der Waals surface area contributed by atoms with E-state index >= 15 is 0 Å². The highest BCUT2D eigenvalue weighted by Gasteiger charge is 2.30. The van der Waals surface area contributed by atoms with Crippen molar-refractivity contribution in [1.29, 1.82) is 0 Å². The maximum absolute atomic E-state index is 11.9. The van der Waals surface area contributed by atoms with Gasteiger partial charge >= 0.3 is 30.0 Å². The van der Waals surface area contributed by atoms with E-state index in [0.29, 0.717) is 16.2 Å². The summed E-state index contributed by atoms with van der Waals surface area (Å²) in [6.07, 6.45) is -1.52. The molecule has 14 nitrogen and oxygen atoms in total. The molecule has 0 radical (unpaired) electrons. The summed E-state index contributed by atoms with van der Waals surface area (Å²) >= 11 is 4.55. The molecule has 0 aliphatic carbocycles. The van der Waals surface area contributed by atoms with Crippen molar-refractivity contribution < 1.29 is 49.5 Å². The fraction of sp³-hybridized carbons (Fsp3) is 0.455. The highest BCUT2D eigenvalue weighted by atomic mass is 32.1. The zero-order valence-corrected chi connectivity index (χ0v) is 20.7. The van der Waals surface area contributed by atoms with Gasteiger partial charge in [-0.1, -0.05) is 12.1 Å². The first-order valence-corrected chi connectivity index (χ1v) is 11.2. The van der Waals surface area contributed by atoms with Gasteiger partial charge in [0.15, 0.2) is 0 Å². The molecule has 1 aromatic rings. The molecule has 2 atom stereocenters. The van der Waals surface area contributed by atoms with Crippen LogP contribution in [0.3, 0.4) is 0 Å². The summed E-state index contributed by atoms with van der Waals surface area (Å²) in [6.45, 7) is -1.54. The monoisotopic (exact) mass is 540 g/mol. The standard InChI is InChI=1S/C22H28N4O10S/c1-14(25(10-19(29)30)11-20(31)32)7-24(9-18(27)28)8-17(26(22(35)36)12-21(33)34)6-15-2-4-16(5-3-15)23-13-37/h2-5,14,17H,6-12H2,1H3,(H,27,28)(H,29,30)(H,31,32)(H,33,34)(H,35,36). The van der Waals surface area contributed by atoms with Gasteiger partial charge < -0.3 is 25.5 Å². The molecule has 202 valence electrons. The number of amides is 1. The molecule has 1 aromatic carbocycles. The minimum atomic E-state index is -1.53. The van der Waals surface area contributed by atoms with Crippen molar-refractivity contribution in [1.82, 2.24) is 14.7 Å². The van der Waals surface area contributed by atoms with Crippen LogP contribution >= 0.6 is 12.2 Å². The Morgan fingerprint density at radius 3 is 1.78 bits per heavy atom. The second kappa shape index (κ2) is 15.3. The van der Waals surface area contributed by atoms with E-state index in [4.69, 9.17) is 10.2 Å². The number of carboxylic acid groups (broad SMARTS) is 5. The summed E-state index contributed by atoms with van der Waals surface area (Å²) in [5, 5.41) is 48.8. The Balaban J connectivity index is 3.30. The second-order valence-corrected chi connectivity index (χ2v) is 8.34. The lowest BCUT2D eigenvalue weighted by Crippen LogP contribution is -2.53. The van der Waals surface area contributed by atoms with Crippen molar-refractivity contribution in [2.45, 2.75) is 25.4 Å². The molecule has 0 spiro atoms. The first-order valence-electron chi connectivity index (χ1n) is 10.8. The van der Waals surface area contributed by atoms with E-state index in [1.807, 2.05) is 0 Å². The molecule has 2 unspecified atom stereocenters. The number of thiocarbonyl (C=S) groups is 1. The third kappa shape index (κ3) is 12.1. The number of isothiocyanates is 1. The molecule has 0 bridgehead atoms. The summed E-state index contributed by atoms with van der Waals surface area (Å²) in [7, 11) is 0. The zero-order valence-electron chi connectivity index (χ0n) is 19.9. The van der Waals surface area contributed by atoms with Crippen LogP contribution < -0.4 is 0 Å². The minimum absolute atomic E-state index is 0.0135. The molecule has 0 fully saturated rings. The van der Waals surface area contributed by atoms with Crippen LogP contribution in [0.25, 0.3) is 0 Å². The van der Waals surface area contributed by atoms with Gasteiger partial charge in [-0.3, -0.25) is 33.9 Å². The quantitative estimate of drug-likeness (QED) is 0.136. The number of rotatable bonds is 17. The van der Waals surface area contributed by atoms with Crippen LogP contribution in [0.4, 0.5) is 10.5 Å². The molecule has 37 heavy (non-hydrogen) atoms. The average Bonchev–Trinajstić information content (AvgIpc) is 2.76. The fourth-order valence-electron chi connectivity index (χ4n) is 3.70. The number of aliphatic carboxylic acids is 4. The van der Waals surface area contributed by atoms with Gasteiger partial charge in [-0.25, -0.2) is 4.79 Å². The van der Waals surface area contributed by atoms with Crippen LogP contribution in [-0.4, -0.2) is 127 Å². The Morgan fingerprint density at radius 2 is 1.35 bits per heavy atom. The van der Waals surface area contributed by atoms with E-state index in [1.54, 1.807) is 24.3 Å². The van der Waals surface area contributed by atoms with Gasteiger partial charge in [0.05, 0.1) is 36.5 Å². The van der Waals surface area contributed by atoms with Crippen LogP contribution in [0.5, 0.6) is 0 Å². The normalized spacial score (nSPS) is 12.4. The topological polar surface area (TPSA) is 209 Å². The molecular formula is C22H28N4O10S. The Morgan fingerprint density at radius 1 is 0.838 bits per heavy atom. The number of carboxylic acids is 4. The maximum Gasteiger partial charge on any atom is 0.408 e. The maximum atomic E-state index is 11.9. The van der Waals surface area contributed by atoms with Gasteiger partial charge in [0.1, 0.15) is 6.54 Å². The third-order valence-corrected chi connectivity index (χ3v) is 5.32. The van der Waals surface area contributed by atoms with Crippen molar-refractivity contribution in [3.8, 4) is 0 Å². The number of benzene rings is 1. The van der Waals surface area contributed by atoms with Crippen molar-refractivity contribution in [3.05, 3.63) is 29.8 Å². The number of hydrogen-bond donors (Lipinski definition) is 5. The Labute approximate surface area is 217 Å². The van der Waals surface area contributed by atoms with Crippen molar-refractivity contribution in [2.75, 3.05) is 39.3 Å². The van der Waals surface area contributed by atoms with Crippen LogP contribution in [0.1, 0.15) is 12.5 Å². The number of hydrogen-bond acceptors (Lipinski definition) is 9. The van der Waals surface area contributed by atoms with E-state index in [0.717, 1.165) is 4.90 Å². The predicted octanol–water partition coefficient (Wildman–Crippen LogP) is 0.643. The van der Waals surface area contributed by atoms with Gasteiger partial charge in [-0.05, 0) is 43.3 Å². The third-order valence-electron chi connectivity index (χ3n) is 5.22. The molecule has 0 saturated heterocycles. The predicted molar refractivity (Wildman–Crippen MR) is 131 cm³/mol. The second-order valence-electron chi connectivity index (χ2n) is 8.16. The van der Waals surface area contributed by atoms with Gasteiger partial charge in [-0.15, -0.1) is 0 Å². The lowest BCUT2D eigenvalue weighted by Gasteiger charge is -2.35. The van der Waals surface area contributed by atoms with E-state index in [9.17, 15) is 39.3 Å². The largest absolute Gasteiger partial charge is 0.480 e. The van der Waals surface area contributed by atoms with Crippen molar-refractivity contribution >= 4 is 53.0 Å². The smallest absolute Gasteiger partial charge is 0.408 e. The number of nitrogens with zero attached hydrogens (tertiary/aromatic N) is 4. The minimum Gasteiger partial charge on any atom is -0.480 e. The number of aliphatic imine (C=N–C) groups is 1. The summed E-state index contributed by atoms with van der Waals surface area (Å²) in [4.78, 5) is 64.2. The first-order chi connectivity index (χ1) is 17.3. The summed E-state index contributed by atoms with van der Waals surface area (Å²) in [5.41, 5.74) is 1.10. The fourth-order valence-corrected chi connectivity index (χ4v) is 3.81. The van der Waals surface area contributed by atoms with Crippen molar-refractivity contribution in [3.63, 3.8) is 0 Å². The van der Waals surface area contributed by atoms with E-state index in [2.05, 4.69) is 22.4 Å².